The number of hydrogen-bond acceptors (Lipinski definition) is 2. The summed E-state index contributed by atoms with van der Waals surface area (Å²) in [6.45, 7) is 11.4. The Morgan fingerprint density at radius 3 is 2.75 bits per heavy atom. The zero-order chi connectivity index (χ0) is 14.9. The molecule has 0 aromatic carbocycles. The molecule has 1 fully saturated rings. The van der Waals surface area contributed by atoms with Crippen LogP contribution in [0.25, 0.3) is 0 Å². The first-order valence-corrected chi connectivity index (χ1v) is 7.74. The molecular weight excluding hydrogens is 250 g/mol. The molecule has 0 saturated carbocycles. The van der Waals surface area contributed by atoms with Crippen LogP contribution >= 0.6 is 0 Å². The van der Waals surface area contributed by atoms with Crippen LogP contribution in [-0.4, -0.2) is 33.6 Å². The molecule has 1 amide bonds. The first-order valence-electron chi connectivity index (χ1n) is 7.74. The standard InChI is InChI=1S/C16H27N3O/c1-6-14-7-10(2)9-19(14)16(20)11(3)8-15-12(4)17-18-13(15)5/h10-11,14H,6-9H2,1-5H3,(H,17,18). The second kappa shape index (κ2) is 5.98. The van der Waals surface area contributed by atoms with Gasteiger partial charge in [-0.25, -0.2) is 0 Å². The highest BCUT2D eigenvalue weighted by atomic mass is 16.2. The zero-order valence-corrected chi connectivity index (χ0v) is 13.4. The SMILES string of the molecule is CCC1CC(C)CN1C(=O)C(C)Cc1c(C)n[nH]c1C. The summed E-state index contributed by atoms with van der Waals surface area (Å²) >= 11 is 0. The van der Waals surface area contributed by atoms with Crippen molar-refractivity contribution in [3.05, 3.63) is 17.0 Å². The van der Waals surface area contributed by atoms with Crippen LogP contribution in [0.2, 0.25) is 0 Å². The van der Waals surface area contributed by atoms with Gasteiger partial charge in [0.1, 0.15) is 0 Å². The number of nitrogens with one attached hydrogen (secondary N) is 1. The molecule has 1 aromatic heterocycles. The van der Waals surface area contributed by atoms with Gasteiger partial charge in [-0.05, 0) is 44.6 Å². The monoisotopic (exact) mass is 277 g/mol. The van der Waals surface area contributed by atoms with E-state index in [0.29, 0.717) is 17.9 Å². The van der Waals surface area contributed by atoms with Gasteiger partial charge in [-0.3, -0.25) is 9.89 Å². The molecule has 1 aliphatic heterocycles. The number of likely N-dealkylation sites (tertiary alicyclic amines) is 1. The molecule has 4 heteroatoms. The Morgan fingerprint density at radius 2 is 2.20 bits per heavy atom. The molecule has 0 spiro atoms. The van der Waals surface area contributed by atoms with Crippen LogP contribution in [0.4, 0.5) is 0 Å². The molecule has 0 radical (unpaired) electrons. The van der Waals surface area contributed by atoms with E-state index in [2.05, 4.69) is 28.9 Å². The van der Waals surface area contributed by atoms with Gasteiger partial charge in [0.05, 0.1) is 5.69 Å². The smallest absolute Gasteiger partial charge is 0.225 e. The quantitative estimate of drug-likeness (QED) is 0.920. The van der Waals surface area contributed by atoms with Crippen LogP contribution in [0.3, 0.4) is 0 Å². The van der Waals surface area contributed by atoms with Crippen molar-refractivity contribution in [2.75, 3.05) is 6.54 Å². The molecule has 2 rings (SSSR count). The van der Waals surface area contributed by atoms with Crippen LogP contribution in [-0.2, 0) is 11.2 Å². The number of amides is 1. The molecule has 3 atom stereocenters. The lowest BCUT2D eigenvalue weighted by Gasteiger charge is -2.27. The molecule has 0 bridgehead atoms. The number of aromatic nitrogens is 2. The number of rotatable bonds is 4. The predicted octanol–water partition coefficient (Wildman–Crippen LogP) is 2.85. The Balaban J connectivity index is 2.05. The van der Waals surface area contributed by atoms with E-state index < -0.39 is 0 Å². The fourth-order valence-corrected chi connectivity index (χ4v) is 3.36. The Morgan fingerprint density at radius 1 is 1.50 bits per heavy atom. The van der Waals surface area contributed by atoms with Gasteiger partial charge in [-0.1, -0.05) is 20.8 Å². The van der Waals surface area contributed by atoms with Crippen molar-refractivity contribution in [1.29, 1.82) is 0 Å². The molecular formula is C16H27N3O. The van der Waals surface area contributed by atoms with Crippen LogP contribution in [0.5, 0.6) is 0 Å². The molecule has 2 heterocycles. The van der Waals surface area contributed by atoms with Crippen LogP contribution < -0.4 is 0 Å². The Bertz CT molecular complexity index is 461. The van der Waals surface area contributed by atoms with Crippen molar-refractivity contribution in [1.82, 2.24) is 15.1 Å². The second-order valence-electron chi connectivity index (χ2n) is 6.41. The van der Waals surface area contributed by atoms with E-state index in [4.69, 9.17) is 0 Å². The molecule has 4 nitrogen and oxygen atoms in total. The van der Waals surface area contributed by atoms with Crippen molar-refractivity contribution >= 4 is 5.91 Å². The van der Waals surface area contributed by atoms with E-state index in [1.807, 2.05) is 20.8 Å². The van der Waals surface area contributed by atoms with Gasteiger partial charge in [-0.2, -0.15) is 5.10 Å². The summed E-state index contributed by atoms with van der Waals surface area (Å²) in [6, 6.07) is 0.437. The third-order valence-electron chi connectivity index (χ3n) is 4.59. The van der Waals surface area contributed by atoms with E-state index in [1.165, 1.54) is 5.56 Å². The average Bonchev–Trinajstić information content (AvgIpc) is 2.94. The van der Waals surface area contributed by atoms with E-state index in [9.17, 15) is 4.79 Å². The summed E-state index contributed by atoms with van der Waals surface area (Å²) in [6.07, 6.45) is 3.00. The van der Waals surface area contributed by atoms with Gasteiger partial charge in [0.25, 0.3) is 0 Å². The highest BCUT2D eigenvalue weighted by Gasteiger charge is 2.34. The van der Waals surface area contributed by atoms with Gasteiger partial charge in [0.2, 0.25) is 5.91 Å². The van der Waals surface area contributed by atoms with Crippen molar-refractivity contribution in [3.63, 3.8) is 0 Å². The number of hydrogen-bond donors (Lipinski definition) is 1. The van der Waals surface area contributed by atoms with Crippen molar-refractivity contribution < 1.29 is 4.79 Å². The third kappa shape index (κ3) is 2.89. The lowest BCUT2D eigenvalue weighted by atomic mass is 9.98. The molecule has 112 valence electrons. The van der Waals surface area contributed by atoms with Gasteiger partial charge >= 0.3 is 0 Å². The predicted molar refractivity (Wildman–Crippen MR) is 80.5 cm³/mol. The fraction of sp³-hybridized carbons (Fsp3) is 0.750. The average molecular weight is 277 g/mol. The fourth-order valence-electron chi connectivity index (χ4n) is 3.36. The largest absolute Gasteiger partial charge is 0.339 e. The van der Waals surface area contributed by atoms with Crippen LogP contribution in [0.15, 0.2) is 0 Å². The molecule has 1 saturated heterocycles. The number of H-pyrrole nitrogens is 1. The lowest BCUT2D eigenvalue weighted by molar-refractivity contribution is -0.136. The summed E-state index contributed by atoms with van der Waals surface area (Å²) in [5, 5.41) is 7.22. The minimum Gasteiger partial charge on any atom is -0.339 e. The summed E-state index contributed by atoms with van der Waals surface area (Å²) in [5.74, 6) is 0.971. The van der Waals surface area contributed by atoms with Crippen LogP contribution in [0, 0.1) is 25.7 Å². The maximum Gasteiger partial charge on any atom is 0.225 e. The highest BCUT2D eigenvalue weighted by molar-refractivity contribution is 5.79. The van der Waals surface area contributed by atoms with E-state index >= 15 is 0 Å². The number of aryl methyl sites for hydroxylation is 2. The lowest BCUT2D eigenvalue weighted by Crippen LogP contribution is -2.39. The van der Waals surface area contributed by atoms with Gasteiger partial charge < -0.3 is 4.90 Å². The van der Waals surface area contributed by atoms with Crippen molar-refractivity contribution in [2.45, 2.75) is 59.9 Å². The minimum absolute atomic E-state index is 0.0318. The summed E-state index contributed by atoms with van der Waals surface area (Å²) in [5.41, 5.74) is 3.30. The summed E-state index contributed by atoms with van der Waals surface area (Å²) in [4.78, 5) is 14.8. The molecule has 1 aromatic rings. The van der Waals surface area contributed by atoms with E-state index in [1.54, 1.807) is 0 Å². The molecule has 1 aliphatic rings. The van der Waals surface area contributed by atoms with E-state index in [-0.39, 0.29) is 5.92 Å². The number of carbonyl (C=O) groups is 1. The molecule has 0 aliphatic carbocycles. The first kappa shape index (κ1) is 15.1. The number of aromatic amines is 1. The molecule has 20 heavy (non-hydrogen) atoms. The van der Waals surface area contributed by atoms with Crippen LogP contribution in [0.1, 0.15) is 50.6 Å². The Kier molecular flexibility index (Phi) is 4.51. The maximum absolute atomic E-state index is 12.7. The third-order valence-corrected chi connectivity index (χ3v) is 4.59. The molecule has 1 N–H and O–H groups in total. The molecule has 3 unspecified atom stereocenters. The number of carbonyl (C=O) groups excluding carboxylic acids is 1. The second-order valence-corrected chi connectivity index (χ2v) is 6.41. The Hall–Kier alpha value is -1.32. The summed E-state index contributed by atoms with van der Waals surface area (Å²) < 4.78 is 0. The van der Waals surface area contributed by atoms with Crippen molar-refractivity contribution in [3.8, 4) is 0 Å². The topological polar surface area (TPSA) is 49.0 Å². The van der Waals surface area contributed by atoms with Gasteiger partial charge in [0, 0.05) is 24.2 Å². The summed E-state index contributed by atoms with van der Waals surface area (Å²) in [7, 11) is 0. The van der Waals surface area contributed by atoms with Crippen molar-refractivity contribution in [2.24, 2.45) is 11.8 Å². The number of nitrogens with zero attached hydrogens (tertiary/aromatic N) is 2. The van der Waals surface area contributed by atoms with E-state index in [0.717, 1.165) is 37.2 Å². The van der Waals surface area contributed by atoms with Gasteiger partial charge in [0.15, 0.2) is 0 Å². The minimum atomic E-state index is 0.0318. The highest BCUT2D eigenvalue weighted by Crippen LogP contribution is 2.27. The maximum atomic E-state index is 12.7. The first-order chi connectivity index (χ1) is 9.43. The van der Waals surface area contributed by atoms with Gasteiger partial charge in [-0.15, -0.1) is 0 Å². The normalized spacial score (nSPS) is 24.1. The zero-order valence-electron chi connectivity index (χ0n) is 13.4. The Labute approximate surface area is 121 Å².